The second-order valence-electron chi connectivity index (χ2n) is 7.37. The van der Waals surface area contributed by atoms with Crippen molar-refractivity contribution < 1.29 is 4.74 Å². The first kappa shape index (κ1) is 18.7. The Balaban J connectivity index is 1.29. The first-order valence-corrected chi connectivity index (χ1v) is 10.1. The number of hydrogen-bond acceptors (Lipinski definition) is 4. The zero-order valence-corrected chi connectivity index (χ0v) is 16.8. The summed E-state index contributed by atoms with van der Waals surface area (Å²) in [5.41, 5.74) is 4.22. The van der Waals surface area contributed by atoms with Crippen molar-refractivity contribution in [2.45, 2.75) is 13.0 Å². The summed E-state index contributed by atoms with van der Waals surface area (Å²) in [5, 5.41) is 14.5. The smallest absolute Gasteiger partial charge is 0.127 e. The number of H-pyrrole nitrogens is 1. The molecule has 0 radical (unpaired) electrons. The van der Waals surface area contributed by atoms with E-state index in [1.807, 2.05) is 60.8 Å². The largest absolute Gasteiger partial charge is 0.457 e. The van der Waals surface area contributed by atoms with E-state index in [2.05, 4.69) is 45.6 Å². The van der Waals surface area contributed by atoms with Crippen LogP contribution in [0.2, 0.25) is 0 Å². The number of nitrogens with zero attached hydrogens (tertiary/aromatic N) is 2. The Morgan fingerprint density at radius 3 is 2.58 bits per heavy atom. The molecular formula is C26H20N4O. The maximum Gasteiger partial charge on any atom is 0.127 e. The Kier molecular flexibility index (Phi) is 4.96. The predicted octanol–water partition coefficient (Wildman–Crippen LogP) is 6.19. The molecule has 150 valence electrons. The number of aromatic amines is 1. The van der Waals surface area contributed by atoms with E-state index in [0.29, 0.717) is 13.0 Å². The standard InChI is InChI=1S/C26H20N4O/c27-13-12-18-8-10-20(11-9-18)31-21-5-3-4-19(14-21)16-28-26-15-23-22-6-1-2-7-24(22)30-25(23)17-29-26/h1-11,14-15,17,30H,12,16H2,(H,28,29). The molecule has 0 unspecified atom stereocenters. The second-order valence-corrected chi connectivity index (χ2v) is 7.37. The van der Waals surface area contributed by atoms with E-state index in [-0.39, 0.29) is 0 Å². The average molecular weight is 404 g/mol. The van der Waals surface area contributed by atoms with Crippen LogP contribution in [-0.2, 0) is 13.0 Å². The van der Waals surface area contributed by atoms with Gasteiger partial charge in [-0.05, 0) is 47.5 Å². The second kappa shape index (κ2) is 8.21. The van der Waals surface area contributed by atoms with Gasteiger partial charge in [0, 0.05) is 22.8 Å². The Bertz CT molecular complexity index is 1400. The van der Waals surface area contributed by atoms with Crippen LogP contribution in [0.25, 0.3) is 21.8 Å². The number of nitriles is 1. The lowest BCUT2D eigenvalue weighted by molar-refractivity contribution is 0.482. The van der Waals surface area contributed by atoms with E-state index in [1.54, 1.807) is 0 Å². The Labute approximate surface area is 179 Å². The molecule has 0 amide bonds. The lowest BCUT2D eigenvalue weighted by Crippen LogP contribution is -2.01. The van der Waals surface area contributed by atoms with E-state index >= 15 is 0 Å². The SMILES string of the molecule is N#CCc1ccc(Oc2cccc(CNc3cc4c(cn3)[nH]c3ccccc34)c2)cc1. The molecule has 5 heteroatoms. The minimum Gasteiger partial charge on any atom is -0.457 e. The zero-order chi connectivity index (χ0) is 21.0. The van der Waals surface area contributed by atoms with Crippen molar-refractivity contribution in [1.29, 1.82) is 5.26 Å². The molecule has 0 aliphatic heterocycles. The van der Waals surface area contributed by atoms with Gasteiger partial charge in [-0.3, -0.25) is 0 Å². The maximum absolute atomic E-state index is 8.78. The number of ether oxygens (including phenoxy) is 1. The van der Waals surface area contributed by atoms with Gasteiger partial charge in [0.25, 0.3) is 0 Å². The number of hydrogen-bond donors (Lipinski definition) is 2. The van der Waals surface area contributed by atoms with Crippen molar-refractivity contribution in [2.75, 3.05) is 5.32 Å². The molecule has 2 N–H and O–H groups in total. The fourth-order valence-corrected chi connectivity index (χ4v) is 3.66. The van der Waals surface area contributed by atoms with Crippen LogP contribution >= 0.6 is 0 Å². The molecule has 0 fully saturated rings. The van der Waals surface area contributed by atoms with Crippen LogP contribution in [-0.4, -0.2) is 9.97 Å². The summed E-state index contributed by atoms with van der Waals surface area (Å²) in [5.74, 6) is 2.35. The van der Waals surface area contributed by atoms with Gasteiger partial charge in [0.05, 0.1) is 24.2 Å². The van der Waals surface area contributed by atoms with E-state index in [1.165, 1.54) is 5.39 Å². The van der Waals surface area contributed by atoms with Gasteiger partial charge in [0.15, 0.2) is 0 Å². The van der Waals surface area contributed by atoms with Crippen molar-refractivity contribution in [2.24, 2.45) is 0 Å². The number of rotatable bonds is 6. The molecule has 0 saturated heterocycles. The molecular weight excluding hydrogens is 384 g/mol. The first-order chi connectivity index (χ1) is 15.3. The molecule has 31 heavy (non-hydrogen) atoms. The Morgan fingerprint density at radius 1 is 0.839 bits per heavy atom. The van der Waals surface area contributed by atoms with Gasteiger partial charge in [-0.1, -0.05) is 42.5 Å². The minimum atomic E-state index is 0.403. The number of para-hydroxylation sites is 1. The molecule has 0 atom stereocenters. The quantitative estimate of drug-likeness (QED) is 0.354. The zero-order valence-electron chi connectivity index (χ0n) is 16.8. The summed E-state index contributed by atoms with van der Waals surface area (Å²) in [6, 6.07) is 28.1. The molecule has 0 aliphatic carbocycles. The Hall–Kier alpha value is -4.30. The predicted molar refractivity (Wildman–Crippen MR) is 123 cm³/mol. The lowest BCUT2D eigenvalue weighted by atomic mass is 10.1. The molecule has 2 aromatic heterocycles. The van der Waals surface area contributed by atoms with Crippen molar-refractivity contribution in [3.63, 3.8) is 0 Å². The first-order valence-electron chi connectivity index (χ1n) is 10.1. The van der Waals surface area contributed by atoms with Crippen LogP contribution in [0.1, 0.15) is 11.1 Å². The summed E-state index contributed by atoms with van der Waals surface area (Å²) in [7, 11) is 0. The molecule has 2 heterocycles. The normalized spacial score (nSPS) is 10.8. The van der Waals surface area contributed by atoms with E-state index in [0.717, 1.165) is 44.9 Å². The van der Waals surface area contributed by atoms with Gasteiger partial charge in [0.2, 0.25) is 0 Å². The van der Waals surface area contributed by atoms with Crippen molar-refractivity contribution in [3.05, 3.63) is 96.2 Å². The molecule has 5 aromatic rings. The maximum atomic E-state index is 8.78. The van der Waals surface area contributed by atoms with Crippen LogP contribution in [0.4, 0.5) is 5.82 Å². The third-order valence-electron chi connectivity index (χ3n) is 5.20. The molecule has 0 bridgehead atoms. The monoisotopic (exact) mass is 404 g/mol. The highest BCUT2D eigenvalue weighted by molar-refractivity contribution is 6.07. The summed E-state index contributed by atoms with van der Waals surface area (Å²) in [6.45, 7) is 0.638. The summed E-state index contributed by atoms with van der Waals surface area (Å²) >= 11 is 0. The van der Waals surface area contributed by atoms with Crippen LogP contribution in [0.5, 0.6) is 11.5 Å². The summed E-state index contributed by atoms with van der Waals surface area (Å²) in [6.07, 6.45) is 2.27. The molecule has 0 spiro atoms. The van der Waals surface area contributed by atoms with Crippen molar-refractivity contribution in [1.82, 2.24) is 9.97 Å². The van der Waals surface area contributed by atoms with Crippen LogP contribution in [0.15, 0.2) is 85.1 Å². The van der Waals surface area contributed by atoms with Crippen LogP contribution < -0.4 is 10.1 Å². The van der Waals surface area contributed by atoms with Crippen LogP contribution in [0.3, 0.4) is 0 Å². The molecule has 0 saturated carbocycles. The highest BCUT2D eigenvalue weighted by atomic mass is 16.5. The molecule has 5 rings (SSSR count). The van der Waals surface area contributed by atoms with Gasteiger partial charge in [-0.25, -0.2) is 4.98 Å². The molecule has 0 aliphatic rings. The van der Waals surface area contributed by atoms with Crippen molar-refractivity contribution in [3.8, 4) is 17.6 Å². The van der Waals surface area contributed by atoms with Gasteiger partial charge in [0.1, 0.15) is 17.3 Å². The van der Waals surface area contributed by atoms with Gasteiger partial charge in [-0.15, -0.1) is 0 Å². The fraction of sp³-hybridized carbons (Fsp3) is 0.0769. The number of nitrogens with one attached hydrogen (secondary N) is 2. The summed E-state index contributed by atoms with van der Waals surface area (Å²) < 4.78 is 5.97. The third kappa shape index (κ3) is 4.05. The molecule has 3 aromatic carbocycles. The van der Waals surface area contributed by atoms with Gasteiger partial charge in [-0.2, -0.15) is 5.26 Å². The van der Waals surface area contributed by atoms with Gasteiger partial charge < -0.3 is 15.0 Å². The average Bonchev–Trinajstić information content (AvgIpc) is 3.17. The Morgan fingerprint density at radius 2 is 1.71 bits per heavy atom. The summed E-state index contributed by atoms with van der Waals surface area (Å²) in [4.78, 5) is 7.93. The van der Waals surface area contributed by atoms with E-state index in [9.17, 15) is 0 Å². The number of pyridine rings is 1. The fourth-order valence-electron chi connectivity index (χ4n) is 3.66. The van der Waals surface area contributed by atoms with Crippen LogP contribution in [0, 0.1) is 11.3 Å². The number of fused-ring (bicyclic) bond motifs is 3. The topological polar surface area (TPSA) is 73.7 Å². The number of benzene rings is 3. The highest BCUT2D eigenvalue weighted by Gasteiger charge is 2.06. The van der Waals surface area contributed by atoms with Gasteiger partial charge >= 0.3 is 0 Å². The third-order valence-corrected chi connectivity index (χ3v) is 5.20. The van der Waals surface area contributed by atoms with Crippen molar-refractivity contribution >= 4 is 27.6 Å². The van der Waals surface area contributed by atoms with E-state index < -0.39 is 0 Å². The minimum absolute atomic E-state index is 0.403. The van der Waals surface area contributed by atoms with E-state index in [4.69, 9.17) is 10.00 Å². The number of aromatic nitrogens is 2. The molecule has 5 nitrogen and oxygen atoms in total. The highest BCUT2D eigenvalue weighted by Crippen LogP contribution is 2.27. The number of anilines is 1. The lowest BCUT2D eigenvalue weighted by Gasteiger charge is -2.09.